The minimum Gasteiger partial charge on any atom is -0.454 e. The van der Waals surface area contributed by atoms with Crippen LogP contribution < -0.4 is 0 Å². The van der Waals surface area contributed by atoms with Crippen LogP contribution in [0.4, 0.5) is 0 Å². The van der Waals surface area contributed by atoms with Gasteiger partial charge in [0, 0.05) is 27.1 Å². The van der Waals surface area contributed by atoms with Crippen LogP contribution in [0, 0.1) is 0 Å². The molecule has 0 unspecified atom stereocenters. The van der Waals surface area contributed by atoms with Gasteiger partial charge < -0.3 is 4.74 Å². The van der Waals surface area contributed by atoms with E-state index < -0.39 is 5.97 Å². The highest BCUT2D eigenvalue weighted by Crippen LogP contribution is 2.38. The number of hydrogen-bond acceptors (Lipinski definition) is 4. The molecule has 0 radical (unpaired) electrons. The number of halogens is 1. The van der Waals surface area contributed by atoms with E-state index in [1.165, 1.54) is 0 Å². The van der Waals surface area contributed by atoms with Crippen LogP contribution in [-0.2, 0) is 4.74 Å². The molecule has 5 heteroatoms. The molecular formula is C30H20ClNO3. The molecule has 0 bridgehead atoms. The number of carbonyl (C=O) groups is 2. The van der Waals surface area contributed by atoms with E-state index in [1.54, 1.807) is 24.3 Å². The smallest absolute Gasteiger partial charge is 0.339 e. The van der Waals surface area contributed by atoms with Crippen LogP contribution in [0.2, 0.25) is 5.02 Å². The Balaban J connectivity index is 1.64. The molecule has 0 saturated carbocycles. The number of aromatic nitrogens is 1. The first-order valence-corrected chi connectivity index (χ1v) is 11.5. The molecule has 0 amide bonds. The molecule has 35 heavy (non-hydrogen) atoms. The van der Waals surface area contributed by atoms with Crippen molar-refractivity contribution in [3.63, 3.8) is 0 Å². The fourth-order valence-electron chi connectivity index (χ4n) is 4.04. The lowest BCUT2D eigenvalue weighted by atomic mass is 9.92. The molecule has 170 valence electrons. The predicted molar refractivity (Wildman–Crippen MR) is 139 cm³/mol. The van der Waals surface area contributed by atoms with Crippen molar-refractivity contribution in [1.29, 1.82) is 0 Å². The standard InChI is InChI=1S/C30H20ClNO3/c31-23-17-15-20(16-18-23)26(33)19-35-30(34)28-24-13-7-8-14-25(24)32-29(22-11-5-2-6-12-22)27(28)21-9-3-1-4-10-21/h1-18H,19H2. The summed E-state index contributed by atoms with van der Waals surface area (Å²) in [6.45, 7) is -0.383. The fourth-order valence-corrected chi connectivity index (χ4v) is 4.16. The third-order valence-electron chi connectivity index (χ3n) is 5.71. The Labute approximate surface area is 207 Å². The van der Waals surface area contributed by atoms with Gasteiger partial charge in [0.05, 0.1) is 16.8 Å². The van der Waals surface area contributed by atoms with E-state index in [1.807, 2.05) is 84.9 Å². The number of rotatable bonds is 6. The third kappa shape index (κ3) is 4.70. The lowest BCUT2D eigenvalue weighted by molar-refractivity contribution is 0.0477. The van der Waals surface area contributed by atoms with E-state index in [4.69, 9.17) is 21.3 Å². The Kier molecular flexibility index (Phi) is 6.38. The lowest BCUT2D eigenvalue weighted by Crippen LogP contribution is -2.16. The molecule has 0 N–H and O–H groups in total. The predicted octanol–water partition coefficient (Wildman–Crippen LogP) is 7.26. The monoisotopic (exact) mass is 477 g/mol. The van der Waals surface area contributed by atoms with Gasteiger partial charge in [0.2, 0.25) is 0 Å². The number of carbonyl (C=O) groups excluding carboxylic acids is 2. The number of para-hydroxylation sites is 1. The highest BCUT2D eigenvalue weighted by molar-refractivity contribution is 6.30. The number of Topliss-reactive ketones (excluding diaryl/α,β-unsaturated/α-hetero) is 1. The van der Waals surface area contributed by atoms with Crippen molar-refractivity contribution in [1.82, 2.24) is 4.98 Å². The van der Waals surface area contributed by atoms with Crippen LogP contribution >= 0.6 is 11.6 Å². The molecule has 0 fully saturated rings. The van der Waals surface area contributed by atoms with Gasteiger partial charge in [-0.15, -0.1) is 0 Å². The van der Waals surface area contributed by atoms with Gasteiger partial charge in [-0.3, -0.25) is 4.79 Å². The molecule has 1 heterocycles. The topological polar surface area (TPSA) is 56.3 Å². The highest BCUT2D eigenvalue weighted by atomic mass is 35.5. The maximum absolute atomic E-state index is 13.6. The van der Waals surface area contributed by atoms with Gasteiger partial charge in [-0.05, 0) is 35.9 Å². The number of nitrogens with zero attached hydrogens (tertiary/aromatic N) is 1. The SMILES string of the molecule is O=C(COC(=O)c1c(-c2ccccc2)c(-c2ccccc2)nc2ccccc12)c1ccc(Cl)cc1. The fraction of sp³-hybridized carbons (Fsp3) is 0.0333. The minimum absolute atomic E-state index is 0.307. The average molecular weight is 478 g/mol. The van der Waals surface area contributed by atoms with E-state index in [0.29, 0.717) is 38.3 Å². The zero-order valence-corrected chi connectivity index (χ0v) is 19.4. The van der Waals surface area contributed by atoms with Crippen LogP contribution in [0.1, 0.15) is 20.7 Å². The number of ketones is 1. The van der Waals surface area contributed by atoms with Gasteiger partial charge in [-0.1, -0.05) is 90.5 Å². The summed E-state index contributed by atoms with van der Waals surface area (Å²) in [6, 6.07) is 33.3. The molecule has 0 aliphatic carbocycles. The molecule has 4 nitrogen and oxygen atoms in total. The Bertz CT molecular complexity index is 1510. The second kappa shape index (κ2) is 9.92. The average Bonchev–Trinajstić information content (AvgIpc) is 2.91. The van der Waals surface area contributed by atoms with E-state index in [2.05, 4.69) is 0 Å². The second-order valence-corrected chi connectivity index (χ2v) is 8.40. The summed E-state index contributed by atoms with van der Waals surface area (Å²) in [5.74, 6) is -0.889. The minimum atomic E-state index is -0.582. The van der Waals surface area contributed by atoms with E-state index in [9.17, 15) is 9.59 Å². The molecular weight excluding hydrogens is 458 g/mol. The second-order valence-electron chi connectivity index (χ2n) is 7.97. The Morgan fingerprint density at radius 3 is 2.00 bits per heavy atom. The molecule has 1 aromatic heterocycles. The Morgan fingerprint density at radius 2 is 1.31 bits per heavy atom. The van der Waals surface area contributed by atoms with Crippen LogP contribution in [0.15, 0.2) is 109 Å². The highest BCUT2D eigenvalue weighted by Gasteiger charge is 2.24. The van der Waals surface area contributed by atoms with E-state index in [-0.39, 0.29) is 12.4 Å². The first kappa shape index (κ1) is 22.5. The maximum Gasteiger partial charge on any atom is 0.339 e. The largest absolute Gasteiger partial charge is 0.454 e. The molecule has 0 spiro atoms. The summed E-state index contributed by atoms with van der Waals surface area (Å²) in [5, 5.41) is 1.19. The number of benzene rings is 4. The summed E-state index contributed by atoms with van der Waals surface area (Å²) in [5.41, 5.74) is 4.52. The molecule has 0 atom stereocenters. The van der Waals surface area contributed by atoms with Crippen molar-refractivity contribution in [2.75, 3.05) is 6.61 Å². The summed E-state index contributed by atoms with van der Waals surface area (Å²) < 4.78 is 5.59. The summed E-state index contributed by atoms with van der Waals surface area (Å²) in [7, 11) is 0. The number of hydrogen-bond donors (Lipinski definition) is 0. The van der Waals surface area contributed by atoms with Crippen molar-refractivity contribution >= 4 is 34.3 Å². The van der Waals surface area contributed by atoms with Crippen molar-refractivity contribution in [2.45, 2.75) is 0 Å². The van der Waals surface area contributed by atoms with Crippen LogP contribution in [0.25, 0.3) is 33.3 Å². The van der Waals surface area contributed by atoms with Gasteiger partial charge in [-0.25, -0.2) is 9.78 Å². The van der Waals surface area contributed by atoms with Crippen LogP contribution in [0.3, 0.4) is 0 Å². The van der Waals surface area contributed by atoms with Gasteiger partial charge in [-0.2, -0.15) is 0 Å². The van der Waals surface area contributed by atoms with Crippen molar-refractivity contribution in [3.05, 3.63) is 125 Å². The molecule has 4 aromatic carbocycles. The summed E-state index contributed by atoms with van der Waals surface area (Å²) >= 11 is 5.92. The van der Waals surface area contributed by atoms with Crippen molar-refractivity contribution < 1.29 is 14.3 Å². The molecule has 0 saturated heterocycles. The maximum atomic E-state index is 13.6. The number of fused-ring (bicyclic) bond motifs is 1. The zero-order valence-electron chi connectivity index (χ0n) is 18.6. The summed E-state index contributed by atoms with van der Waals surface area (Å²) in [6.07, 6.45) is 0. The number of pyridine rings is 1. The first-order chi connectivity index (χ1) is 17.1. The number of esters is 1. The van der Waals surface area contributed by atoms with E-state index in [0.717, 1.165) is 11.1 Å². The zero-order chi connectivity index (χ0) is 24.2. The van der Waals surface area contributed by atoms with Crippen molar-refractivity contribution in [2.24, 2.45) is 0 Å². The van der Waals surface area contributed by atoms with E-state index >= 15 is 0 Å². The first-order valence-electron chi connectivity index (χ1n) is 11.1. The van der Waals surface area contributed by atoms with Gasteiger partial charge in [0.1, 0.15) is 0 Å². The molecule has 5 rings (SSSR count). The quantitative estimate of drug-likeness (QED) is 0.191. The molecule has 0 aliphatic heterocycles. The molecule has 5 aromatic rings. The normalized spacial score (nSPS) is 10.8. The molecule has 0 aliphatic rings. The van der Waals surface area contributed by atoms with Crippen LogP contribution in [0.5, 0.6) is 0 Å². The lowest BCUT2D eigenvalue weighted by Gasteiger charge is -2.17. The van der Waals surface area contributed by atoms with Crippen LogP contribution in [-0.4, -0.2) is 23.3 Å². The summed E-state index contributed by atoms with van der Waals surface area (Å²) in [4.78, 5) is 31.2. The third-order valence-corrected chi connectivity index (χ3v) is 5.96. The van der Waals surface area contributed by atoms with Gasteiger partial charge in [0.25, 0.3) is 0 Å². The Hall–Kier alpha value is -4.28. The van der Waals surface area contributed by atoms with Crippen molar-refractivity contribution in [3.8, 4) is 22.4 Å². The Morgan fingerprint density at radius 1 is 0.714 bits per heavy atom. The number of ether oxygens (including phenoxy) is 1. The van der Waals surface area contributed by atoms with Gasteiger partial charge in [0.15, 0.2) is 12.4 Å². The van der Waals surface area contributed by atoms with Gasteiger partial charge >= 0.3 is 5.97 Å².